The highest BCUT2D eigenvalue weighted by Gasteiger charge is 2.13. The lowest BCUT2D eigenvalue weighted by molar-refractivity contribution is 0.284. The predicted octanol–water partition coefficient (Wildman–Crippen LogP) is 2.60. The van der Waals surface area contributed by atoms with Crippen molar-refractivity contribution in [3.8, 4) is 0 Å². The topological polar surface area (TPSA) is 49.2 Å². The molecule has 2 rings (SSSR count). The number of aliphatic hydroxyl groups excluding tert-OH is 1. The minimum absolute atomic E-state index is 0.0776. The molecule has 4 nitrogen and oxygen atoms in total. The van der Waals surface area contributed by atoms with Crippen LogP contribution in [0.1, 0.15) is 28.1 Å². The van der Waals surface area contributed by atoms with Gasteiger partial charge in [0.1, 0.15) is 0 Å². The standard InChI is InChI=1S/C12H17N3OS2/c1-4-9-11(6-16)18-12(14-9)15(3)5-10-8(2)13-7-17-10/h7,16H,4-6H2,1-3H3. The van der Waals surface area contributed by atoms with Gasteiger partial charge in [0.2, 0.25) is 0 Å². The van der Waals surface area contributed by atoms with Crippen LogP contribution in [0.3, 0.4) is 0 Å². The average Bonchev–Trinajstić information content (AvgIpc) is 2.96. The maximum atomic E-state index is 9.29. The third kappa shape index (κ3) is 2.71. The minimum Gasteiger partial charge on any atom is -0.391 e. The van der Waals surface area contributed by atoms with E-state index in [2.05, 4.69) is 21.8 Å². The van der Waals surface area contributed by atoms with Gasteiger partial charge in [-0.25, -0.2) is 9.97 Å². The van der Waals surface area contributed by atoms with E-state index >= 15 is 0 Å². The Hall–Kier alpha value is -0.980. The van der Waals surface area contributed by atoms with Gasteiger partial charge in [-0.1, -0.05) is 18.3 Å². The van der Waals surface area contributed by atoms with Crippen LogP contribution in [-0.2, 0) is 19.6 Å². The van der Waals surface area contributed by atoms with Gasteiger partial charge >= 0.3 is 0 Å². The number of aryl methyl sites for hydroxylation is 2. The smallest absolute Gasteiger partial charge is 0.185 e. The summed E-state index contributed by atoms with van der Waals surface area (Å²) in [5.74, 6) is 0. The molecule has 0 amide bonds. The molecule has 0 aromatic carbocycles. The quantitative estimate of drug-likeness (QED) is 0.916. The number of nitrogens with zero attached hydrogens (tertiary/aromatic N) is 3. The number of rotatable bonds is 5. The first-order valence-electron chi connectivity index (χ1n) is 5.85. The van der Waals surface area contributed by atoms with Crippen molar-refractivity contribution in [1.82, 2.24) is 9.97 Å². The molecule has 0 fully saturated rings. The maximum Gasteiger partial charge on any atom is 0.185 e. The van der Waals surface area contributed by atoms with Crippen molar-refractivity contribution in [2.45, 2.75) is 33.4 Å². The summed E-state index contributed by atoms with van der Waals surface area (Å²) >= 11 is 3.24. The number of hydrogen-bond donors (Lipinski definition) is 1. The van der Waals surface area contributed by atoms with Gasteiger partial charge in [0, 0.05) is 11.9 Å². The third-order valence-corrected chi connectivity index (χ3v) is 4.91. The molecular weight excluding hydrogens is 266 g/mol. The Morgan fingerprint density at radius 1 is 1.39 bits per heavy atom. The fourth-order valence-electron chi connectivity index (χ4n) is 1.69. The Morgan fingerprint density at radius 3 is 2.67 bits per heavy atom. The zero-order valence-electron chi connectivity index (χ0n) is 10.8. The van der Waals surface area contributed by atoms with Gasteiger partial charge in [-0.3, -0.25) is 0 Å². The molecule has 0 saturated carbocycles. The van der Waals surface area contributed by atoms with E-state index in [-0.39, 0.29) is 6.61 Å². The maximum absolute atomic E-state index is 9.29. The van der Waals surface area contributed by atoms with Crippen molar-refractivity contribution >= 4 is 27.8 Å². The molecule has 0 aliphatic carbocycles. The Kier molecular flexibility index (Phi) is 4.31. The van der Waals surface area contributed by atoms with Crippen LogP contribution in [0.4, 0.5) is 5.13 Å². The van der Waals surface area contributed by atoms with E-state index < -0.39 is 0 Å². The molecule has 2 aromatic heterocycles. The van der Waals surface area contributed by atoms with Crippen LogP contribution in [0.25, 0.3) is 0 Å². The molecule has 0 atom stereocenters. The van der Waals surface area contributed by atoms with Gasteiger partial charge in [0.15, 0.2) is 5.13 Å². The second kappa shape index (κ2) is 5.77. The highest BCUT2D eigenvalue weighted by Crippen LogP contribution is 2.28. The second-order valence-corrected chi connectivity index (χ2v) is 6.10. The van der Waals surface area contributed by atoms with Gasteiger partial charge in [-0.05, 0) is 13.3 Å². The first-order chi connectivity index (χ1) is 8.65. The first kappa shape index (κ1) is 13.5. The fraction of sp³-hybridized carbons (Fsp3) is 0.500. The summed E-state index contributed by atoms with van der Waals surface area (Å²) in [5.41, 5.74) is 3.96. The third-order valence-electron chi connectivity index (χ3n) is 2.80. The van der Waals surface area contributed by atoms with Gasteiger partial charge in [-0.2, -0.15) is 0 Å². The number of aliphatic hydroxyl groups is 1. The van der Waals surface area contributed by atoms with Crippen LogP contribution in [0.2, 0.25) is 0 Å². The Labute approximate surface area is 115 Å². The lowest BCUT2D eigenvalue weighted by atomic mass is 10.3. The molecule has 1 N–H and O–H groups in total. The van der Waals surface area contributed by atoms with Crippen molar-refractivity contribution in [2.24, 2.45) is 0 Å². The van der Waals surface area contributed by atoms with E-state index in [9.17, 15) is 5.11 Å². The molecule has 0 aliphatic heterocycles. The van der Waals surface area contributed by atoms with E-state index in [1.807, 2.05) is 19.5 Å². The average molecular weight is 283 g/mol. The van der Waals surface area contributed by atoms with E-state index in [1.165, 1.54) is 4.88 Å². The highest BCUT2D eigenvalue weighted by molar-refractivity contribution is 7.15. The molecule has 6 heteroatoms. The molecule has 0 spiro atoms. The second-order valence-electron chi connectivity index (χ2n) is 4.09. The van der Waals surface area contributed by atoms with Crippen LogP contribution >= 0.6 is 22.7 Å². The van der Waals surface area contributed by atoms with Crippen molar-refractivity contribution in [2.75, 3.05) is 11.9 Å². The van der Waals surface area contributed by atoms with Crippen LogP contribution < -0.4 is 4.90 Å². The van der Waals surface area contributed by atoms with E-state index in [1.54, 1.807) is 22.7 Å². The first-order valence-corrected chi connectivity index (χ1v) is 7.54. The Morgan fingerprint density at radius 2 is 2.17 bits per heavy atom. The minimum atomic E-state index is 0.0776. The zero-order valence-corrected chi connectivity index (χ0v) is 12.4. The lowest BCUT2D eigenvalue weighted by Crippen LogP contribution is -2.15. The zero-order chi connectivity index (χ0) is 13.1. The van der Waals surface area contributed by atoms with Crippen molar-refractivity contribution in [3.05, 3.63) is 26.7 Å². The highest BCUT2D eigenvalue weighted by atomic mass is 32.1. The number of aromatic nitrogens is 2. The Bertz CT molecular complexity index is 500. The van der Waals surface area contributed by atoms with Crippen molar-refractivity contribution in [3.63, 3.8) is 0 Å². The monoisotopic (exact) mass is 283 g/mol. The van der Waals surface area contributed by atoms with Gasteiger partial charge < -0.3 is 10.0 Å². The summed E-state index contributed by atoms with van der Waals surface area (Å²) in [6.45, 7) is 4.98. The number of hydrogen-bond acceptors (Lipinski definition) is 6. The van der Waals surface area contributed by atoms with Gasteiger partial charge in [0.25, 0.3) is 0 Å². The molecule has 2 heterocycles. The van der Waals surface area contributed by atoms with Crippen LogP contribution in [0, 0.1) is 6.92 Å². The summed E-state index contributed by atoms with van der Waals surface area (Å²) < 4.78 is 0. The normalized spacial score (nSPS) is 10.9. The van der Waals surface area contributed by atoms with E-state index in [4.69, 9.17) is 0 Å². The molecule has 0 radical (unpaired) electrons. The molecule has 0 saturated heterocycles. The van der Waals surface area contributed by atoms with Crippen molar-refractivity contribution < 1.29 is 5.11 Å². The van der Waals surface area contributed by atoms with Crippen LogP contribution in [-0.4, -0.2) is 22.1 Å². The summed E-state index contributed by atoms with van der Waals surface area (Å²) in [4.78, 5) is 13.2. The summed E-state index contributed by atoms with van der Waals surface area (Å²) in [7, 11) is 2.03. The number of anilines is 1. The van der Waals surface area contributed by atoms with Gasteiger partial charge in [0.05, 0.1) is 34.9 Å². The van der Waals surface area contributed by atoms with Crippen LogP contribution in [0.15, 0.2) is 5.51 Å². The molecule has 0 bridgehead atoms. The van der Waals surface area contributed by atoms with E-state index in [0.29, 0.717) is 0 Å². The largest absolute Gasteiger partial charge is 0.391 e. The fourth-order valence-corrected chi connectivity index (χ4v) is 3.49. The van der Waals surface area contributed by atoms with E-state index in [0.717, 1.165) is 34.4 Å². The van der Waals surface area contributed by atoms with Crippen LogP contribution in [0.5, 0.6) is 0 Å². The molecule has 98 valence electrons. The molecule has 2 aromatic rings. The van der Waals surface area contributed by atoms with Gasteiger partial charge in [-0.15, -0.1) is 11.3 Å². The SMILES string of the molecule is CCc1nc(N(C)Cc2scnc2C)sc1CO. The Balaban J connectivity index is 2.16. The summed E-state index contributed by atoms with van der Waals surface area (Å²) in [5, 5.41) is 10.3. The predicted molar refractivity (Wildman–Crippen MR) is 76.4 cm³/mol. The lowest BCUT2D eigenvalue weighted by Gasteiger charge is -2.14. The van der Waals surface area contributed by atoms with Crippen molar-refractivity contribution in [1.29, 1.82) is 0 Å². The molecule has 18 heavy (non-hydrogen) atoms. The summed E-state index contributed by atoms with van der Waals surface area (Å²) in [6, 6.07) is 0. The molecular formula is C12H17N3OS2. The molecule has 0 unspecified atom stereocenters. The summed E-state index contributed by atoms with van der Waals surface area (Å²) in [6.07, 6.45) is 0.861. The molecule has 0 aliphatic rings. The number of thiazole rings is 2.